The van der Waals surface area contributed by atoms with Crippen molar-refractivity contribution in [1.82, 2.24) is 4.31 Å². The van der Waals surface area contributed by atoms with Gasteiger partial charge in [-0.05, 0) is 68.1 Å². The number of amides is 1. The van der Waals surface area contributed by atoms with Crippen LogP contribution >= 0.6 is 0 Å². The second-order valence-electron chi connectivity index (χ2n) is 8.13. The summed E-state index contributed by atoms with van der Waals surface area (Å²) in [5, 5.41) is 3.07. The van der Waals surface area contributed by atoms with Gasteiger partial charge in [0.1, 0.15) is 5.58 Å². The van der Waals surface area contributed by atoms with Crippen molar-refractivity contribution < 1.29 is 17.6 Å². The van der Waals surface area contributed by atoms with Crippen LogP contribution in [0, 0.1) is 6.92 Å². The van der Waals surface area contributed by atoms with E-state index in [1.165, 1.54) is 12.1 Å². The molecule has 0 saturated carbocycles. The van der Waals surface area contributed by atoms with Crippen LogP contribution in [0.3, 0.4) is 0 Å². The van der Waals surface area contributed by atoms with E-state index in [9.17, 15) is 18.0 Å². The molecule has 1 atom stereocenters. The van der Waals surface area contributed by atoms with Gasteiger partial charge in [-0.15, -0.1) is 0 Å². The molecule has 1 saturated heterocycles. The van der Waals surface area contributed by atoms with E-state index in [1.54, 1.807) is 34.6 Å². The van der Waals surface area contributed by atoms with E-state index in [2.05, 4.69) is 5.32 Å². The molecule has 8 heteroatoms. The number of hydrogen-bond acceptors (Lipinski definition) is 5. The second-order valence-corrected chi connectivity index (χ2v) is 10.0. The highest BCUT2D eigenvalue weighted by atomic mass is 32.2. The molecule has 3 aromatic rings. The van der Waals surface area contributed by atoms with Crippen molar-refractivity contribution in [1.29, 1.82) is 0 Å². The summed E-state index contributed by atoms with van der Waals surface area (Å²) in [7, 11) is -3.59. The van der Waals surface area contributed by atoms with Gasteiger partial charge >= 0.3 is 0 Å². The van der Waals surface area contributed by atoms with Crippen molar-refractivity contribution in [3.63, 3.8) is 0 Å². The molecule has 7 nitrogen and oxygen atoms in total. The maximum atomic E-state index is 13.1. The van der Waals surface area contributed by atoms with Crippen LogP contribution in [0.4, 0.5) is 5.69 Å². The normalized spacial score (nSPS) is 17.4. The third kappa shape index (κ3) is 4.33. The highest BCUT2D eigenvalue weighted by Gasteiger charge is 2.32. The molecular weight excluding hydrogens is 428 g/mol. The molecule has 0 spiro atoms. The minimum Gasteiger partial charge on any atom is -0.451 e. The number of anilines is 1. The molecule has 1 amide bonds. The Bertz CT molecular complexity index is 1310. The van der Waals surface area contributed by atoms with Crippen molar-refractivity contribution in [2.75, 3.05) is 11.9 Å². The first kappa shape index (κ1) is 22.2. The standard InChI is InChI=1S/C24H26N2O5S/c1-3-18-6-4-5-13-26(18)32(29,30)19-10-8-17(9-11-19)25-24(28)23-15-21(27)20-12-7-16(2)14-22(20)31-23/h7-12,14-15,18H,3-6,13H2,1-2H3,(H,25,28)/t18-/m1/s1. The van der Waals surface area contributed by atoms with Gasteiger partial charge in [0, 0.05) is 24.3 Å². The van der Waals surface area contributed by atoms with Crippen molar-refractivity contribution in [2.24, 2.45) is 0 Å². The summed E-state index contributed by atoms with van der Waals surface area (Å²) in [5.74, 6) is -0.688. The molecule has 0 radical (unpaired) electrons. The Morgan fingerprint density at radius 3 is 2.59 bits per heavy atom. The van der Waals surface area contributed by atoms with Gasteiger partial charge in [0.25, 0.3) is 5.91 Å². The summed E-state index contributed by atoms with van der Waals surface area (Å²) in [6, 6.07) is 12.4. The Morgan fingerprint density at radius 2 is 1.88 bits per heavy atom. The molecule has 1 N–H and O–H groups in total. The largest absolute Gasteiger partial charge is 0.451 e. The fourth-order valence-electron chi connectivity index (χ4n) is 4.11. The lowest BCUT2D eigenvalue weighted by Gasteiger charge is -2.34. The third-order valence-electron chi connectivity index (χ3n) is 5.87. The maximum Gasteiger partial charge on any atom is 0.291 e. The van der Waals surface area contributed by atoms with Crippen LogP contribution in [-0.4, -0.2) is 31.2 Å². The van der Waals surface area contributed by atoms with E-state index >= 15 is 0 Å². The predicted molar refractivity (Wildman–Crippen MR) is 123 cm³/mol. The van der Waals surface area contributed by atoms with Gasteiger partial charge in [0.15, 0.2) is 11.2 Å². The van der Waals surface area contributed by atoms with Gasteiger partial charge in [-0.3, -0.25) is 9.59 Å². The van der Waals surface area contributed by atoms with E-state index in [4.69, 9.17) is 4.42 Å². The van der Waals surface area contributed by atoms with Gasteiger partial charge in [-0.2, -0.15) is 4.31 Å². The summed E-state index contributed by atoms with van der Waals surface area (Å²) < 4.78 is 33.4. The fourth-order valence-corrected chi connectivity index (χ4v) is 5.88. The summed E-state index contributed by atoms with van der Waals surface area (Å²) in [4.78, 5) is 25.1. The SMILES string of the molecule is CC[C@@H]1CCCCN1S(=O)(=O)c1ccc(NC(=O)c2cc(=O)c3ccc(C)cc3o2)cc1. The number of hydrogen-bond donors (Lipinski definition) is 1. The zero-order chi connectivity index (χ0) is 22.9. The van der Waals surface area contributed by atoms with Crippen LogP contribution in [-0.2, 0) is 10.0 Å². The summed E-state index contributed by atoms with van der Waals surface area (Å²) in [6.07, 6.45) is 3.56. The molecule has 0 aliphatic carbocycles. The zero-order valence-electron chi connectivity index (χ0n) is 18.1. The number of fused-ring (bicyclic) bond motifs is 1. The topological polar surface area (TPSA) is 96.7 Å². The molecule has 1 aromatic heterocycles. The smallest absolute Gasteiger partial charge is 0.291 e. The van der Waals surface area contributed by atoms with Crippen LogP contribution in [0.5, 0.6) is 0 Å². The van der Waals surface area contributed by atoms with Crippen molar-refractivity contribution in [2.45, 2.75) is 50.5 Å². The number of benzene rings is 2. The number of rotatable bonds is 5. The Kier molecular flexibility index (Phi) is 6.17. The first-order valence-corrected chi connectivity index (χ1v) is 12.2. The van der Waals surface area contributed by atoms with Crippen molar-refractivity contribution >= 4 is 32.6 Å². The molecule has 32 heavy (non-hydrogen) atoms. The minimum atomic E-state index is -3.59. The third-order valence-corrected chi connectivity index (χ3v) is 7.84. The first-order chi connectivity index (χ1) is 15.3. The molecule has 2 aromatic carbocycles. The van der Waals surface area contributed by atoms with E-state index in [-0.39, 0.29) is 22.1 Å². The van der Waals surface area contributed by atoms with E-state index in [0.717, 1.165) is 37.3 Å². The summed E-state index contributed by atoms with van der Waals surface area (Å²) in [5.41, 5.74) is 1.36. The molecule has 1 aliphatic heterocycles. The van der Waals surface area contributed by atoms with Crippen LogP contribution in [0.25, 0.3) is 11.0 Å². The van der Waals surface area contributed by atoms with Gasteiger partial charge in [0.2, 0.25) is 10.0 Å². The lowest BCUT2D eigenvalue weighted by molar-refractivity contribution is 0.0997. The number of piperidine rings is 1. The van der Waals surface area contributed by atoms with Gasteiger partial charge < -0.3 is 9.73 Å². The minimum absolute atomic E-state index is 0.0209. The molecule has 1 aliphatic rings. The number of aryl methyl sites for hydroxylation is 1. The first-order valence-electron chi connectivity index (χ1n) is 10.8. The number of sulfonamides is 1. The van der Waals surface area contributed by atoms with Crippen LogP contribution in [0.1, 0.15) is 48.7 Å². The van der Waals surface area contributed by atoms with E-state index < -0.39 is 15.9 Å². The van der Waals surface area contributed by atoms with E-state index in [1.807, 2.05) is 13.8 Å². The highest BCUT2D eigenvalue weighted by Crippen LogP contribution is 2.27. The zero-order valence-corrected chi connectivity index (χ0v) is 18.9. The molecule has 0 unspecified atom stereocenters. The Hall–Kier alpha value is -2.97. The average molecular weight is 455 g/mol. The lowest BCUT2D eigenvalue weighted by Crippen LogP contribution is -2.43. The Morgan fingerprint density at radius 1 is 1.12 bits per heavy atom. The molecule has 2 heterocycles. The van der Waals surface area contributed by atoms with Crippen LogP contribution in [0.15, 0.2) is 62.6 Å². The van der Waals surface area contributed by atoms with Gasteiger partial charge in [-0.1, -0.05) is 19.4 Å². The predicted octanol–water partition coefficient (Wildman–Crippen LogP) is 4.31. The summed E-state index contributed by atoms with van der Waals surface area (Å²) in [6.45, 7) is 4.40. The molecule has 0 bridgehead atoms. The van der Waals surface area contributed by atoms with Crippen molar-refractivity contribution in [3.05, 3.63) is 70.1 Å². The average Bonchev–Trinajstić information content (AvgIpc) is 2.79. The highest BCUT2D eigenvalue weighted by molar-refractivity contribution is 7.89. The molecule has 1 fully saturated rings. The van der Waals surface area contributed by atoms with Crippen LogP contribution < -0.4 is 10.7 Å². The fraction of sp³-hybridized carbons (Fsp3) is 0.333. The molecular formula is C24H26N2O5S. The molecule has 168 valence electrons. The van der Waals surface area contributed by atoms with Crippen molar-refractivity contribution in [3.8, 4) is 0 Å². The quantitative estimate of drug-likeness (QED) is 0.620. The maximum absolute atomic E-state index is 13.1. The number of carbonyl (C=O) groups is 1. The van der Waals surface area contributed by atoms with E-state index in [0.29, 0.717) is 23.2 Å². The lowest BCUT2D eigenvalue weighted by atomic mass is 10.0. The van der Waals surface area contributed by atoms with Crippen LogP contribution in [0.2, 0.25) is 0 Å². The number of carbonyl (C=O) groups excluding carboxylic acids is 1. The Balaban J connectivity index is 1.54. The van der Waals surface area contributed by atoms with Gasteiger partial charge in [0.05, 0.1) is 10.3 Å². The monoisotopic (exact) mass is 454 g/mol. The molecule has 4 rings (SSSR count). The Labute approximate surface area is 187 Å². The summed E-state index contributed by atoms with van der Waals surface area (Å²) >= 11 is 0. The number of nitrogens with one attached hydrogen (secondary N) is 1. The van der Waals surface area contributed by atoms with Gasteiger partial charge in [-0.25, -0.2) is 8.42 Å². The second kappa shape index (κ2) is 8.88. The number of nitrogens with zero attached hydrogens (tertiary/aromatic N) is 1.